The SMILES string of the molecule is O=C(CCCC[C@@H]1SC[C@@H]2NC(=O)N[C@@H]21)NCCn1c(O)cc(S(=O)(=O)O)c1O. The number of aromatic nitrogens is 1. The van der Waals surface area contributed by atoms with E-state index >= 15 is 0 Å². The van der Waals surface area contributed by atoms with E-state index in [2.05, 4.69) is 16.0 Å². The highest BCUT2D eigenvalue weighted by Gasteiger charge is 2.42. The first-order valence-corrected chi connectivity index (χ1v) is 11.7. The molecule has 0 saturated carbocycles. The molecule has 29 heavy (non-hydrogen) atoms. The lowest BCUT2D eigenvalue weighted by atomic mass is 10.0. The molecular formula is C16H24N4O7S2. The van der Waals surface area contributed by atoms with Gasteiger partial charge in [-0.05, 0) is 12.8 Å². The van der Waals surface area contributed by atoms with Gasteiger partial charge >= 0.3 is 6.03 Å². The molecule has 13 heteroatoms. The van der Waals surface area contributed by atoms with Crippen LogP contribution in [0.3, 0.4) is 0 Å². The predicted octanol–water partition coefficient (Wildman–Crippen LogP) is -0.0120. The molecule has 162 valence electrons. The van der Waals surface area contributed by atoms with Crippen molar-refractivity contribution in [2.45, 2.75) is 54.5 Å². The monoisotopic (exact) mass is 448 g/mol. The number of rotatable bonds is 9. The number of nitrogens with zero attached hydrogens (tertiary/aromatic N) is 1. The summed E-state index contributed by atoms with van der Waals surface area (Å²) in [4.78, 5) is 22.5. The van der Waals surface area contributed by atoms with Gasteiger partial charge in [0.05, 0.1) is 12.1 Å². The molecule has 0 aliphatic carbocycles. The van der Waals surface area contributed by atoms with Crippen LogP contribution in [0.15, 0.2) is 11.0 Å². The van der Waals surface area contributed by atoms with Crippen molar-refractivity contribution in [1.29, 1.82) is 0 Å². The molecule has 6 N–H and O–H groups in total. The van der Waals surface area contributed by atoms with Crippen LogP contribution < -0.4 is 16.0 Å². The van der Waals surface area contributed by atoms with Crippen molar-refractivity contribution < 1.29 is 32.8 Å². The summed E-state index contributed by atoms with van der Waals surface area (Å²) in [6, 6.07) is 0.952. The second-order valence-corrected chi connectivity index (χ2v) is 9.70. The highest BCUT2D eigenvalue weighted by Crippen LogP contribution is 2.33. The van der Waals surface area contributed by atoms with Crippen molar-refractivity contribution in [3.05, 3.63) is 6.07 Å². The van der Waals surface area contributed by atoms with Crippen molar-refractivity contribution in [2.75, 3.05) is 12.3 Å². The van der Waals surface area contributed by atoms with Gasteiger partial charge in [0.15, 0.2) is 10.8 Å². The molecule has 2 saturated heterocycles. The maximum Gasteiger partial charge on any atom is 0.315 e. The summed E-state index contributed by atoms with van der Waals surface area (Å²) < 4.78 is 32.0. The average Bonchev–Trinajstić information content (AvgIpc) is 3.26. The van der Waals surface area contributed by atoms with Crippen LogP contribution in [0.25, 0.3) is 0 Å². The highest BCUT2D eigenvalue weighted by atomic mass is 32.2. The number of urea groups is 1. The van der Waals surface area contributed by atoms with Crippen LogP contribution in [0.2, 0.25) is 0 Å². The zero-order chi connectivity index (χ0) is 21.2. The van der Waals surface area contributed by atoms with E-state index in [-0.39, 0.29) is 37.1 Å². The number of carbonyl (C=O) groups excluding carboxylic acids is 2. The second kappa shape index (κ2) is 8.71. The van der Waals surface area contributed by atoms with Gasteiger partial charge in [0, 0.05) is 36.6 Å². The van der Waals surface area contributed by atoms with Gasteiger partial charge in [0.1, 0.15) is 0 Å². The lowest BCUT2D eigenvalue weighted by Gasteiger charge is -2.16. The van der Waals surface area contributed by atoms with E-state index in [9.17, 15) is 28.2 Å². The Balaban J connectivity index is 1.35. The van der Waals surface area contributed by atoms with E-state index in [1.54, 1.807) is 0 Å². The number of thioether (sulfide) groups is 1. The number of hydrogen-bond acceptors (Lipinski definition) is 7. The van der Waals surface area contributed by atoms with Crippen LogP contribution in [0, 0.1) is 0 Å². The van der Waals surface area contributed by atoms with Gasteiger partial charge in [0.25, 0.3) is 10.1 Å². The minimum Gasteiger partial charge on any atom is -0.494 e. The zero-order valence-corrected chi connectivity index (χ0v) is 17.1. The van der Waals surface area contributed by atoms with E-state index in [0.717, 1.165) is 29.2 Å². The number of unbranched alkanes of at least 4 members (excludes halogenated alkanes) is 1. The van der Waals surface area contributed by atoms with Gasteiger partial charge in [-0.25, -0.2) is 4.79 Å². The first kappa shape index (κ1) is 21.6. The van der Waals surface area contributed by atoms with Crippen LogP contribution in [0.5, 0.6) is 11.8 Å². The van der Waals surface area contributed by atoms with Gasteiger partial charge < -0.3 is 26.2 Å². The minimum absolute atomic E-state index is 0.0621. The van der Waals surface area contributed by atoms with Crippen molar-refractivity contribution >= 4 is 33.8 Å². The molecule has 1 aromatic heterocycles. The minimum atomic E-state index is -4.65. The summed E-state index contributed by atoms with van der Waals surface area (Å²) in [5, 5.41) is 28.3. The Kier molecular flexibility index (Phi) is 6.49. The second-order valence-electron chi connectivity index (χ2n) is 7.03. The third-order valence-corrected chi connectivity index (χ3v) is 7.39. The van der Waals surface area contributed by atoms with Crippen molar-refractivity contribution in [1.82, 2.24) is 20.5 Å². The fraction of sp³-hybridized carbons (Fsp3) is 0.625. The van der Waals surface area contributed by atoms with Crippen LogP contribution in [0.1, 0.15) is 25.7 Å². The van der Waals surface area contributed by atoms with Gasteiger partial charge in [-0.1, -0.05) is 6.42 Å². The molecule has 3 rings (SSSR count). The Morgan fingerprint density at radius 3 is 2.76 bits per heavy atom. The van der Waals surface area contributed by atoms with Crippen LogP contribution >= 0.6 is 11.8 Å². The Hall–Kier alpha value is -2.12. The molecule has 11 nitrogen and oxygen atoms in total. The Labute approximate surface area is 172 Å². The summed E-state index contributed by atoms with van der Waals surface area (Å²) in [5.41, 5.74) is 0. The number of amides is 3. The predicted molar refractivity (Wildman–Crippen MR) is 105 cm³/mol. The first-order valence-electron chi connectivity index (χ1n) is 9.21. The summed E-state index contributed by atoms with van der Waals surface area (Å²) >= 11 is 1.82. The van der Waals surface area contributed by atoms with Crippen molar-refractivity contribution in [3.8, 4) is 11.8 Å². The first-order chi connectivity index (χ1) is 13.7. The average molecular weight is 449 g/mol. The van der Waals surface area contributed by atoms with Crippen molar-refractivity contribution in [3.63, 3.8) is 0 Å². The van der Waals surface area contributed by atoms with E-state index < -0.39 is 26.8 Å². The third kappa shape index (κ3) is 5.08. The normalized spacial score (nSPS) is 23.5. The molecule has 0 unspecified atom stereocenters. The van der Waals surface area contributed by atoms with Crippen LogP contribution in [-0.4, -0.2) is 69.3 Å². The number of hydrogen-bond donors (Lipinski definition) is 6. The molecule has 3 amide bonds. The smallest absolute Gasteiger partial charge is 0.315 e. The maximum absolute atomic E-state index is 11.9. The summed E-state index contributed by atoms with van der Waals surface area (Å²) in [7, 11) is -4.65. The highest BCUT2D eigenvalue weighted by molar-refractivity contribution is 8.00. The molecule has 3 atom stereocenters. The van der Waals surface area contributed by atoms with E-state index in [4.69, 9.17) is 4.55 Å². The summed E-state index contributed by atoms with van der Waals surface area (Å²) in [5.74, 6) is -0.628. The van der Waals surface area contributed by atoms with Gasteiger partial charge in [-0.2, -0.15) is 20.2 Å². The molecule has 2 aliphatic heterocycles. The molecule has 3 heterocycles. The number of fused-ring (bicyclic) bond motifs is 1. The summed E-state index contributed by atoms with van der Waals surface area (Å²) in [6.45, 7) is 0.00683. The molecule has 1 aromatic rings. The molecule has 2 aliphatic rings. The summed E-state index contributed by atoms with van der Waals surface area (Å²) in [6.07, 6.45) is 2.76. The van der Waals surface area contributed by atoms with Gasteiger partial charge in [-0.15, -0.1) is 0 Å². The molecule has 0 spiro atoms. The maximum atomic E-state index is 11.9. The lowest BCUT2D eigenvalue weighted by Crippen LogP contribution is -2.36. The van der Waals surface area contributed by atoms with Crippen LogP contribution in [0.4, 0.5) is 4.79 Å². The molecular weight excluding hydrogens is 424 g/mol. The zero-order valence-electron chi connectivity index (χ0n) is 15.5. The third-order valence-electron chi connectivity index (χ3n) is 5.03. The standard InChI is InChI=1S/C16H24N4O7S2/c21-12(4-2-1-3-10-14-9(8-28-10)18-16(24)19-14)17-5-6-20-13(22)7-11(15(20)23)29(25,26)27/h7,9-10,14,22-23H,1-6,8H2,(H,17,21)(H2,18,19,24)(H,25,26,27)/t9-,10-,14-/m0/s1. The van der Waals surface area contributed by atoms with Crippen molar-refractivity contribution in [2.24, 2.45) is 0 Å². The Bertz CT molecular complexity index is 886. The molecule has 0 bridgehead atoms. The Morgan fingerprint density at radius 1 is 1.31 bits per heavy atom. The number of aromatic hydroxyl groups is 2. The largest absolute Gasteiger partial charge is 0.494 e. The lowest BCUT2D eigenvalue weighted by molar-refractivity contribution is -0.121. The van der Waals surface area contributed by atoms with E-state index in [1.165, 1.54) is 0 Å². The van der Waals surface area contributed by atoms with E-state index in [1.807, 2.05) is 11.8 Å². The molecule has 0 radical (unpaired) electrons. The van der Waals surface area contributed by atoms with Gasteiger partial charge in [-0.3, -0.25) is 13.9 Å². The Morgan fingerprint density at radius 2 is 2.07 bits per heavy atom. The van der Waals surface area contributed by atoms with Gasteiger partial charge in [0.2, 0.25) is 11.8 Å². The number of carbonyl (C=O) groups is 2. The topological polar surface area (TPSA) is 170 Å². The number of nitrogens with one attached hydrogen (secondary N) is 3. The fourth-order valence-electron chi connectivity index (χ4n) is 3.58. The van der Waals surface area contributed by atoms with Crippen LogP contribution in [-0.2, 0) is 21.5 Å². The van der Waals surface area contributed by atoms with E-state index in [0.29, 0.717) is 18.1 Å². The quantitative estimate of drug-likeness (QED) is 0.174. The molecule has 2 fully saturated rings. The fourth-order valence-corrected chi connectivity index (χ4v) is 5.72. The molecule has 0 aromatic carbocycles.